The minimum Gasteiger partial charge on any atom is -0.489 e. The Hall–Kier alpha value is -2.75. The zero-order valence-electron chi connectivity index (χ0n) is 10.8. The van der Waals surface area contributed by atoms with Crippen LogP contribution in [0, 0.1) is 0 Å². The molecule has 0 unspecified atom stereocenters. The van der Waals surface area contributed by atoms with Crippen molar-refractivity contribution < 1.29 is 4.74 Å². The van der Waals surface area contributed by atoms with Crippen molar-refractivity contribution in [2.24, 2.45) is 0 Å². The van der Waals surface area contributed by atoms with E-state index in [0.29, 0.717) is 6.61 Å². The van der Waals surface area contributed by atoms with Gasteiger partial charge >= 0.3 is 5.69 Å². The van der Waals surface area contributed by atoms with E-state index in [1.165, 1.54) is 4.57 Å². The molecule has 4 heteroatoms. The van der Waals surface area contributed by atoms with E-state index in [4.69, 9.17) is 4.74 Å². The first kappa shape index (κ1) is 12.3. The molecule has 0 spiro atoms. The number of rotatable bonds is 4. The van der Waals surface area contributed by atoms with Crippen molar-refractivity contribution in [1.29, 1.82) is 0 Å². The summed E-state index contributed by atoms with van der Waals surface area (Å²) < 4.78 is 7.28. The summed E-state index contributed by atoms with van der Waals surface area (Å²) in [6.07, 6.45) is 3.30. The second kappa shape index (κ2) is 5.48. The summed E-state index contributed by atoms with van der Waals surface area (Å²) in [7, 11) is 0. The van der Waals surface area contributed by atoms with Crippen LogP contribution in [-0.2, 0) is 6.61 Å². The van der Waals surface area contributed by atoms with Crippen LogP contribution in [0.4, 0.5) is 0 Å². The second-order valence-corrected chi connectivity index (χ2v) is 4.41. The zero-order valence-corrected chi connectivity index (χ0v) is 10.8. The van der Waals surface area contributed by atoms with Gasteiger partial charge in [0.05, 0.1) is 5.69 Å². The largest absolute Gasteiger partial charge is 0.489 e. The van der Waals surface area contributed by atoms with Gasteiger partial charge in [0.2, 0.25) is 0 Å². The molecule has 0 amide bonds. The van der Waals surface area contributed by atoms with Crippen LogP contribution in [0.5, 0.6) is 5.75 Å². The van der Waals surface area contributed by atoms with Crippen LogP contribution in [0.3, 0.4) is 0 Å². The van der Waals surface area contributed by atoms with Gasteiger partial charge in [-0.3, -0.25) is 4.57 Å². The lowest BCUT2D eigenvalue weighted by Gasteiger charge is -2.08. The standard InChI is InChI=1S/C16H14N2O2/c19-16-17-9-10-18(16)14-7-4-8-15(11-14)20-12-13-5-2-1-3-6-13/h1-11H,12H2,(H,17,19). The molecule has 3 rings (SSSR count). The number of nitrogens with one attached hydrogen (secondary N) is 1. The number of imidazole rings is 1. The molecular formula is C16H14N2O2. The summed E-state index contributed by atoms with van der Waals surface area (Å²) in [6, 6.07) is 17.4. The summed E-state index contributed by atoms with van der Waals surface area (Å²) in [5.74, 6) is 0.736. The molecule has 0 aliphatic carbocycles. The maximum atomic E-state index is 11.6. The van der Waals surface area contributed by atoms with E-state index in [1.807, 2.05) is 54.6 Å². The van der Waals surface area contributed by atoms with E-state index in [1.54, 1.807) is 12.4 Å². The first-order valence-electron chi connectivity index (χ1n) is 6.36. The first-order chi connectivity index (χ1) is 9.83. The molecule has 0 aliphatic heterocycles. The molecule has 0 saturated heterocycles. The van der Waals surface area contributed by atoms with Gasteiger partial charge in [0.25, 0.3) is 0 Å². The third kappa shape index (κ3) is 2.64. The molecule has 2 aromatic carbocycles. The molecule has 3 aromatic rings. The maximum Gasteiger partial charge on any atom is 0.330 e. The number of hydrogen-bond acceptors (Lipinski definition) is 2. The van der Waals surface area contributed by atoms with Crippen molar-refractivity contribution in [2.75, 3.05) is 0 Å². The van der Waals surface area contributed by atoms with Crippen LogP contribution < -0.4 is 10.4 Å². The Balaban J connectivity index is 1.78. The average Bonchev–Trinajstić information content (AvgIpc) is 2.93. The van der Waals surface area contributed by atoms with Crippen molar-refractivity contribution >= 4 is 0 Å². The molecule has 100 valence electrons. The lowest BCUT2D eigenvalue weighted by atomic mass is 10.2. The van der Waals surface area contributed by atoms with Crippen LogP contribution in [-0.4, -0.2) is 9.55 Å². The highest BCUT2D eigenvalue weighted by Gasteiger charge is 2.02. The summed E-state index contributed by atoms with van der Waals surface area (Å²) in [5.41, 5.74) is 1.73. The summed E-state index contributed by atoms with van der Waals surface area (Å²) in [5, 5.41) is 0. The molecule has 0 fully saturated rings. The van der Waals surface area contributed by atoms with Gasteiger partial charge in [0.1, 0.15) is 12.4 Å². The molecule has 20 heavy (non-hydrogen) atoms. The van der Waals surface area contributed by atoms with E-state index in [-0.39, 0.29) is 5.69 Å². The van der Waals surface area contributed by atoms with Gasteiger partial charge < -0.3 is 9.72 Å². The SMILES string of the molecule is O=c1[nH]ccn1-c1cccc(OCc2ccccc2)c1. The number of hydrogen-bond donors (Lipinski definition) is 1. The Labute approximate surface area is 116 Å². The van der Waals surface area contributed by atoms with Crippen molar-refractivity contribution in [2.45, 2.75) is 6.61 Å². The van der Waals surface area contributed by atoms with Crippen LogP contribution >= 0.6 is 0 Å². The molecule has 0 bridgehead atoms. The predicted octanol–water partition coefficient (Wildman–Crippen LogP) is 2.74. The van der Waals surface area contributed by atoms with Crippen LogP contribution in [0.15, 0.2) is 71.8 Å². The van der Waals surface area contributed by atoms with E-state index in [9.17, 15) is 4.79 Å². The minimum atomic E-state index is -0.162. The van der Waals surface area contributed by atoms with Crippen molar-refractivity contribution in [3.05, 3.63) is 83.0 Å². The molecule has 0 saturated carbocycles. The number of benzene rings is 2. The summed E-state index contributed by atoms with van der Waals surface area (Å²) in [6.45, 7) is 0.506. The highest BCUT2D eigenvalue weighted by atomic mass is 16.5. The van der Waals surface area contributed by atoms with Crippen LogP contribution in [0.1, 0.15) is 5.56 Å². The topological polar surface area (TPSA) is 47.0 Å². The minimum absolute atomic E-state index is 0.162. The van der Waals surface area contributed by atoms with Gasteiger partial charge in [-0.05, 0) is 17.7 Å². The number of aromatic nitrogens is 2. The van der Waals surface area contributed by atoms with E-state index < -0.39 is 0 Å². The van der Waals surface area contributed by atoms with E-state index >= 15 is 0 Å². The molecule has 1 heterocycles. The average molecular weight is 266 g/mol. The van der Waals surface area contributed by atoms with Crippen molar-refractivity contribution in [1.82, 2.24) is 9.55 Å². The smallest absolute Gasteiger partial charge is 0.330 e. The normalized spacial score (nSPS) is 10.4. The number of H-pyrrole nitrogens is 1. The van der Waals surface area contributed by atoms with Gasteiger partial charge in [-0.2, -0.15) is 0 Å². The monoisotopic (exact) mass is 266 g/mol. The van der Waals surface area contributed by atoms with E-state index in [2.05, 4.69) is 4.98 Å². The zero-order chi connectivity index (χ0) is 13.8. The van der Waals surface area contributed by atoms with Gasteiger partial charge in [-0.25, -0.2) is 4.79 Å². The molecule has 0 atom stereocenters. The lowest BCUT2D eigenvalue weighted by molar-refractivity contribution is 0.306. The molecular weight excluding hydrogens is 252 g/mol. The van der Waals surface area contributed by atoms with Crippen LogP contribution in [0.25, 0.3) is 5.69 Å². The molecule has 1 N–H and O–H groups in total. The van der Waals surface area contributed by atoms with Crippen molar-refractivity contribution in [3.63, 3.8) is 0 Å². The summed E-state index contributed by atoms with van der Waals surface area (Å²) >= 11 is 0. The quantitative estimate of drug-likeness (QED) is 0.789. The van der Waals surface area contributed by atoms with Gasteiger partial charge in [0, 0.05) is 18.5 Å². The Kier molecular flexibility index (Phi) is 3.37. The maximum absolute atomic E-state index is 11.6. The molecule has 0 aliphatic rings. The third-order valence-corrected chi connectivity index (χ3v) is 2.99. The van der Waals surface area contributed by atoms with Crippen molar-refractivity contribution in [3.8, 4) is 11.4 Å². The van der Waals surface area contributed by atoms with Gasteiger partial charge in [-0.15, -0.1) is 0 Å². The second-order valence-electron chi connectivity index (χ2n) is 4.41. The first-order valence-corrected chi connectivity index (χ1v) is 6.36. The molecule has 0 radical (unpaired) electrons. The number of nitrogens with zero attached hydrogens (tertiary/aromatic N) is 1. The summed E-state index contributed by atoms with van der Waals surface area (Å²) in [4.78, 5) is 14.2. The lowest BCUT2D eigenvalue weighted by Crippen LogP contribution is -2.13. The third-order valence-electron chi connectivity index (χ3n) is 2.99. The van der Waals surface area contributed by atoms with Gasteiger partial charge in [0.15, 0.2) is 0 Å². The Morgan fingerprint density at radius 2 is 1.90 bits per heavy atom. The molecule has 1 aromatic heterocycles. The fourth-order valence-corrected chi connectivity index (χ4v) is 1.99. The number of ether oxygens (including phenoxy) is 1. The van der Waals surface area contributed by atoms with Gasteiger partial charge in [-0.1, -0.05) is 36.4 Å². The molecule has 4 nitrogen and oxygen atoms in total. The highest BCUT2D eigenvalue weighted by molar-refractivity contribution is 5.39. The number of aromatic amines is 1. The van der Waals surface area contributed by atoms with Crippen LogP contribution in [0.2, 0.25) is 0 Å². The predicted molar refractivity (Wildman–Crippen MR) is 77.2 cm³/mol. The van der Waals surface area contributed by atoms with E-state index in [0.717, 1.165) is 17.0 Å². The Morgan fingerprint density at radius 3 is 2.65 bits per heavy atom. The Bertz CT molecular complexity index is 744. The fraction of sp³-hybridized carbons (Fsp3) is 0.0625. The Morgan fingerprint density at radius 1 is 1.05 bits per heavy atom. The fourth-order valence-electron chi connectivity index (χ4n) is 1.99. The highest BCUT2D eigenvalue weighted by Crippen LogP contribution is 2.17.